The van der Waals surface area contributed by atoms with Gasteiger partial charge in [0.05, 0.1) is 22.9 Å². The van der Waals surface area contributed by atoms with Crippen LogP contribution in [0.4, 0.5) is 18.9 Å². The topological polar surface area (TPSA) is 76.4 Å². The normalized spacial score (nSPS) is 18.5. The Morgan fingerprint density at radius 2 is 1.86 bits per heavy atom. The Labute approximate surface area is 166 Å². The molecule has 3 rings (SSSR count). The third kappa shape index (κ3) is 4.33. The first-order chi connectivity index (χ1) is 13.7. The molecule has 1 N–H and O–H groups in total. The van der Waals surface area contributed by atoms with Crippen LogP contribution >= 0.6 is 0 Å². The number of rotatable bonds is 5. The number of alkyl halides is 3. The van der Waals surface area contributed by atoms with Crippen LogP contribution in [-0.4, -0.2) is 49.4 Å². The fourth-order valence-corrected chi connectivity index (χ4v) is 3.63. The Balaban J connectivity index is 1.76. The Morgan fingerprint density at radius 1 is 1.17 bits per heavy atom. The molecule has 0 unspecified atom stereocenters. The fourth-order valence-electron chi connectivity index (χ4n) is 3.63. The molecule has 2 heterocycles. The number of nitrogens with zero attached hydrogens (tertiary/aromatic N) is 3. The predicted molar refractivity (Wildman–Crippen MR) is 99.9 cm³/mol. The molecule has 2 aliphatic heterocycles. The number of benzene rings is 1. The molecule has 0 spiro atoms. The van der Waals surface area contributed by atoms with Crippen molar-refractivity contribution in [2.75, 3.05) is 37.6 Å². The first-order valence-electron chi connectivity index (χ1n) is 9.37. The molecule has 2 amide bonds. The molecule has 154 valence electrons. The standard InChI is InChI=1S/C20H21F3N4O2/c1-13-16(3-2-8-26-9-6-25-7-10-26)19(29)27(18(13)28)15-5-4-14(12-24)17(11-15)20(21,22)23/h4-5,11,25H,2-3,6-10H2,1H3. The largest absolute Gasteiger partial charge is 0.417 e. The van der Waals surface area contributed by atoms with Crippen LogP contribution in [0.25, 0.3) is 0 Å². The van der Waals surface area contributed by atoms with Gasteiger partial charge in [-0.3, -0.25) is 9.59 Å². The summed E-state index contributed by atoms with van der Waals surface area (Å²) in [4.78, 5) is 28.4. The van der Waals surface area contributed by atoms with E-state index >= 15 is 0 Å². The van der Waals surface area contributed by atoms with Crippen molar-refractivity contribution >= 4 is 17.5 Å². The summed E-state index contributed by atoms with van der Waals surface area (Å²) in [5.74, 6) is -1.21. The molecule has 2 aliphatic rings. The van der Waals surface area contributed by atoms with Gasteiger partial charge in [-0.25, -0.2) is 4.90 Å². The van der Waals surface area contributed by atoms with Crippen LogP contribution in [-0.2, 0) is 15.8 Å². The summed E-state index contributed by atoms with van der Waals surface area (Å²) in [7, 11) is 0. The second-order valence-corrected chi connectivity index (χ2v) is 7.08. The minimum atomic E-state index is -4.76. The SMILES string of the molecule is CC1=C(CCCN2CCNCC2)C(=O)N(c2ccc(C#N)c(C(F)(F)F)c2)C1=O. The molecule has 1 aromatic rings. The molecule has 1 fully saturated rings. The van der Waals surface area contributed by atoms with Crippen LogP contribution in [0.1, 0.15) is 30.9 Å². The van der Waals surface area contributed by atoms with Crippen LogP contribution in [0.15, 0.2) is 29.3 Å². The van der Waals surface area contributed by atoms with Crippen molar-refractivity contribution < 1.29 is 22.8 Å². The quantitative estimate of drug-likeness (QED) is 0.761. The third-order valence-electron chi connectivity index (χ3n) is 5.24. The average Bonchev–Trinajstić information content (AvgIpc) is 2.91. The number of carbonyl (C=O) groups is 2. The monoisotopic (exact) mass is 406 g/mol. The maximum atomic E-state index is 13.2. The van der Waals surface area contributed by atoms with E-state index in [-0.39, 0.29) is 11.3 Å². The zero-order valence-electron chi connectivity index (χ0n) is 16.0. The summed E-state index contributed by atoms with van der Waals surface area (Å²) in [6.45, 7) is 5.97. The van der Waals surface area contributed by atoms with E-state index in [0.717, 1.165) is 43.7 Å². The molecule has 0 saturated carbocycles. The highest BCUT2D eigenvalue weighted by molar-refractivity contribution is 6.32. The van der Waals surface area contributed by atoms with E-state index in [0.29, 0.717) is 24.5 Å². The van der Waals surface area contributed by atoms with Crippen molar-refractivity contribution in [3.05, 3.63) is 40.5 Å². The highest BCUT2D eigenvalue weighted by atomic mass is 19.4. The van der Waals surface area contributed by atoms with Gasteiger partial charge < -0.3 is 10.2 Å². The Morgan fingerprint density at radius 3 is 2.48 bits per heavy atom. The highest BCUT2D eigenvalue weighted by Gasteiger charge is 2.39. The first-order valence-corrected chi connectivity index (χ1v) is 9.37. The van der Waals surface area contributed by atoms with Gasteiger partial charge in [0.2, 0.25) is 0 Å². The first kappa shape index (κ1) is 21.0. The van der Waals surface area contributed by atoms with Crippen molar-refractivity contribution in [2.45, 2.75) is 25.9 Å². The van der Waals surface area contributed by atoms with Gasteiger partial charge in [-0.05, 0) is 44.5 Å². The van der Waals surface area contributed by atoms with Gasteiger partial charge in [0.15, 0.2) is 0 Å². The summed E-state index contributed by atoms with van der Waals surface area (Å²) in [5, 5.41) is 12.2. The van der Waals surface area contributed by atoms with E-state index in [4.69, 9.17) is 5.26 Å². The molecular formula is C20H21F3N4O2. The number of hydrogen-bond acceptors (Lipinski definition) is 5. The second-order valence-electron chi connectivity index (χ2n) is 7.08. The fraction of sp³-hybridized carbons (Fsp3) is 0.450. The number of imide groups is 1. The molecule has 0 radical (unpaired) electrons. The lowest BCUT2D eigenvalue weighted by Crippen LogP contribution is -2.43. The van der Waals surface area contributed by atoms with E-state index in [1.165, 1.54) is 19.1 Å². The van der Waals surface area contributed by atoms with E-state index in [2.05, 4.69) is 10.2 Å². The van der Waals surface area contributed by atoms with Crippen LogP contribution in [0.3, 0.4) is 0 Å². The van der Waals surface area contributed by atoms with E-state index < -0.39 is 29.1 Å². The van der Waals surface area contributed by atoms with Crippen molar-refractivity contribution in [1.29, 1.82) is 5.26 Å². The lowest BCUT2D eigenvalue weighted by molar-refractivity contribution is -0.138. The van der Waals surface area contributed by atoms with Gasteiger partial charge in [-0.15, -0.1) is 0 Å². The molecule has 1 saturated heterocycles. The van der Waals surface area contributed by atoms with Crippen molar-refractivity contribution in [3.8, 4) is 6.07 Å². The van der Waals surface area contributed by atoms with E-state index in [1.807, 2.05) is 0 Å². The van der Waals surface area contributed by atoms with Crippen LogP contribution < -0.4 is 10.2 Å². The molecule has 1 aromatic carbocycles. The van der Waals surface area contributed by atoms with Crippen molar-refractivity contribution in [1.82, 2.24) is 10.2 Å². The minimum absolute atomic E-state index is 0.178. The van der Waals surface area contributed by atoms with Gasteiger partial charge in [-0.1, -0.05) is 0 Å². The number of anilines is 1. The zero-order valence-corrected chi connectivity index (χ0v) is 16.0. The summed E-state index contributed by atoms with van der Waals surface area (Å²) >= 11 is 0. The maximum Gasteiger partial charge on any atom is 0.417 e. The minimum Gasteiger partial charge on any atom is -0.314 e. The van der Waals surface area contributed by atoms with Crippen LogP contribution in [0.2, 0.25) is 0 Å². The molecule has 0 aliphatic carbocycles. The number of hydrogen-bond donors (Lipinski definition) is 1. The summed E-state index contributed by atoms with van der Waals surface area (Å²) in [6, 6.07) is 4.35. The number of halogens is 3. The number of nitriles is 1. The molecule has 29 heavy (non-hydrogen) atoms. The average molecular weight is 406 g/mol. The Bertz CT molecular complexity index is 896. The lowest BCUT2D eigenvalue weighted by atomic mass is 10.1. The van der Waals surface area contributed by atoms with Gasteiger partial charge >= 0.3 is 6.18 Å². The van der Waals surface area contributed by atoms with Crippen LogP contribution in [0.5, 0.6) is 0 Å². The van der Waals surface area contributed by atoms with Gasteiger partial charge in [-0.2, -0.15) is 18.4 Å². The summed E-state index contributed by atoms with van der Waals surface area (Å²) in [5.41, 5.74) is -1.30. The molecular weight excluding hydrogens is 385 g/mol. The Kier molecular flexibility index (Phi) is 6.05. The number of carbonyl (C=O) groups excluding carboxylic acids is 2. The molecule has 6 nitrogen and oxygen atoms in total. The van der Waals surface area contributed by atoms with E-state index in [1.54, 1.807) is 0 Å². The number of amides is 2. The van der Waals surface area contributed by atoms with Gasteiger partial charge in [0.25, 0.3) is 11.8 Å². The second kappa shape index (κ2) is 8.35. The molecule has 0 aromatic heterocycles. The zero-order chi connectivity index (χ0) is 21.2. The van der Waals surface area contributed by atoms with Crippen LogP contribution in [0, 0.1) is 11.3 Å². The van der Waals surface area contributed by atoms with Crippen molar-refractivity contribution in [2.24, 2.45) is 0 Å². The summed E-state index contributed by atoms with van der Waals surface area (Å²) in [6.07, 6.45) is -3.69. The van der Waals surface area contributed by atoms with Crippen molar-refractivity contribution in [3.63, 3.8) is 0 Å². The highest BCUT2D eigenvalue weighted by Crippen LogP contribution is 2.36. The third-order valence-corrected chi connectivity index (χ3v) is 5.24. The molecule has 0 bridgehead atoms. The van der Waals surface area contributed by atoms with E-state index in [9.17, 15) is 22.8 Å². The van der Waals surface area contributed by atoms with Gasteiger partial charge in [0, 0.05) is 37.3 Å². The summed E-state index contributed by atoms with van der Waals surface area (Å²) < 4.78 is 39.7. The number of nitrogens with one attached hydrogen (secondary N) is 1. The predicted octanol–water partition coefficient (Wildman–Crippen LogP) is 2.45. The molecule has 0 atom stereocenters. The molecule has 9 heteroatoms. The smallest absolute Gasteiger partial charge is 0.314 e. The number of piperazine rings is 1. The maximum absolute atomic E-state index is 13.2. The lowest BCUT2D eigenvalue weighted by Gasteiger charge is -2.27. The van der Waals surface area contributed by atoms with Gasteiger partial charge in [0.1, 0.15) is 0 Å². The Hall–Kier alpha value is -2.70.